The Morgan fingerprint density at radius 1 is 0.762 bits per heavy atom. The van der Waals surface area contributed by atoms with Crippen LogP contribution in [0.25, 0.3) is 0 Å². The second kappa shape index (κ2) is 18.4. The van der Waals surface area contributed by atoms with Crippen LogP contribution in [0.3, 0.4) is 0 Å². The maximum absolute atomic E-state index is 13.2. The van der Waals surface area contributed by atoms with Crippen molar-refractivity contribution < 1.29 is 29.1 Å². The standard InChI is InChI=1S/C29H40N6O6S/c1-3-31-28(40)23(13-14-42-2)35-29(41)24(16-19-7-5-4-6-8-19)34-26(38)18-32-25(37)17-33-27(39)22(30)15-20-9-11-21(36)12-10-20/h4-12,22-24,36H,3,13-18,30H2,1-2H3,(H,31,40)(H,32,37)(H,33,39)(H,34,38)(H,35,41)/t22-,23-,24-/m0/s1. The number of likely N-dealkylation sites (N-methyl/N-ethyl adjacent to an activating group) is 1. The van der Waals surface area contributed by atoms with E-state index in [9.17, 15) is 29.1 Å². The SMILES string of the molecule is CCNC(=O)[C@H](CCSC)NC(=O)[C@H](Cc1ccccc1)NC(=O)CNC(=O)CNC(=O)[C@@H](N)Cc1ccc(O)cc1. The Bertz CT molecular complexity index is 1180. The highest BCUT2D eigenvalue weighted by Gasteiger charge is 2.27. The van der Waals surface area contributed by atoms with Crippen molar-refractivity contribution in [3.8, 4) is 5.75 Å². The third-order valence-corrected chi connectivity index (χ3v) is 6.77. The number of nitrogens with one attached hydrogen (secondary N) is 5. The highest BCUT2D eigenvalue weighted by Crippen LogP contribution is 2.11. The first-order valence-corrected chi connectivity index (χ1v) is 15.0. The van der Waals surface area contributed by atoms with Gasteiger partial charge in [-0.15, -0.1) is 0 Å². The van der Waals surface area contributed by atoms with E-state index in [1.54, 1.807) is 30.8 Å². The van der Waals surface area contributed by atoms with Gasteiger partial charge < -0.3 is 37.4 Å². The lowest BCUT2D eigenvalue weighted by Gasteiger charge is -2.23. The fraction of sp³-hybridized carbons (Fsp3) is 0.414. The van der Waals surface area contributed by atoms with Gasteiger partial charge in [0, 0.05) is 13.0 Å². The van der Waals surface area contributed by atoms with Crippen molar-refractivity contribution in [1.82, 2.24) is 26.6 Å². The summed E-state index contributed by atoms with van der Waals surface area (Å²) in [4.78, 5) is 63.0. The lowest BCUT2D eigenvalue weighted by molar-refractivity contribution is -0.132. The molecule has 0 spiro atoms. The first kappa shape index (κ1) is 34.1. The molecule has 2 aromatic rings. The van der Waals surface area contributed by atoms with E-state index >= 15 is 0 Å². The normalized spacial score (nSPS) is 12.7. The smallest absolute Gasteiger partial charge is 0.243 e. The zero-order valence-electron chi connectivity index (χ0n) is 23.9. The highest BCUT2D eigenvalue weighted by molar-refractivity contribution is 7.98. The molecule has 0 aliphatic rings. The predicted octanol–water partition coefficient (Wildman–Crippen LogP) is -0.404. The molecule has 13 heteroatoms. The van der Waals surface area contributed by atoms with Gasteiger partial charge in [0.25, 0.3) is 0 Å². The number of hydrogen-bond acceptors (Lipinski definition) is 8. The minimum Gasteiger partial charge on any atom is -0.508 e. The molecule has 0 unspecified atom stereocenters. The van der Waals surface area contributed by atoms with Gasteiger partial charge in [-0.25, -0.2) is 0 Å². The van der Waals surface area contributed by atoms with E-state index in [1.807, 2.05) is 36.6 Å². The van der Waals surface area contributed by atoms with Gasteiger partial charge in [0.2, 0.25) is 29.5 Å². The Morgan fingerprint density at radius 2 is 1.40 bits per heavy atom. The van der Waals surface area contributed by atoms with Gasteiger partial charge in [0.1, 0.15) is 17.8 Å². The molecule has 2 rings (SSSR count). The molecule has 42 heavy (non-hydrogen) atoms. The van der Waals surface area contributed by atoms with Crippen molar-refractivity contribution in [2.45, 2.75) is 44.3 Å². The third kappa shape index (κ3) is 12.6. The zero-order chi connectivity index (χ0) is 30.9. The molecule has 0 aromatic heterocycles. The Hall–Kier alpha value is -4.10. The van der Waals surface area contributed by atoms with E-state index in [4.69, 9.17) is 5.73 Å². The Balaban J connectivity index is 1.91. The minimum absolute atomic E-state index is 0.0965. The maximum Gasteiger partial charge on any atom is 0.243 e. The number of benzene rings is 2. The molecule has 0 saturated carbocycles. The molecule has 2 aromatic carbocycles. The fourth-order valence-electron chi connectivity index (χ4n) is 3.90. The molecule has 0 aliphatic carbocycles. The van der Waals surface area contributed by atoms with Crippen LogP contribution in [0.1, 0.15) is 24.5 Å². The maximum atomic E-state index is 13.2. The summed E-state index contributed by atoms with van der Waals surface area (Å²) in [6.07, 6.45) is 2.71. The number of phenols is 1. The van der Waals surface area contributed by atoms with Gasteiger partial charge in [0.05, 0.1) is 19.1 Å². The predicted molar refractivity (Wildman–Crippen MR) is 161 cm³/mol. The zero-order valence-corrected chi connectivity index (χ0v) is 24.7. The number of rotatable bonds is 17. The number of aromatic hydroxyl groups is 1. The van der Waals surface area contributed by atoms with Crippen LogP contribution in [0.5, 0.6) is 5.75 Å². The second-order valence-corrected chi connectivity index (χ2v) is 10.5. The fourth-order valence-corrected chi connectivity index (χ4v) is 4.37. The van der Waals surface area contributed by atoms with E-state index in [0.717, 1.165) is 11.1 Å². The average Bonchev–Trinajstić information content (AvgIpc) is 2.98. The van der Waals surface area contributed by atoms with Crippen LogP contribution < -0.4 is 32.3 Å². The van der Waals surface area contributed by atoms with Crippen molar-refractivity contribution in [3.63, 3.8) is 0 Å². The van der Waals surface area contributed by atoms with Crippen LogP contribution in [0.2, 0.25) is 0 Å². The van der Waals surface area contributed by atoms with Gasteiger partial charge in [-0.2, -0.15) is 11.8 Å². The summed E-state index contributed by atoms with van der Waals surface area (Å²) in [7, 11) is 0. The van der Waals surface area contributed by atoms with Gasteiger partial charge in [-0.3, -0.25) is 24.0 Å². The Labute approximate surface area is 250 Å². The Kier molecular flexibility index (Phi) is 14.9. The lowest BCUT2D eigenvalue weighted by Crippen LogP contribution is -2.55. The second-order valence-electron chi connectivity index (χ2n) is 9.52. The molecule has 0 saturated heterocycles. The first-order chi connectivity index (χ1) is 20.1. The molecular formula is C29H40N6O6S. The largest absolute Gasteiger partial charge is 0.508 e. The number of carbonyl (C=O) groups is 5. The van der Waals surface area contributed by atoms with Gasteiger partial charge >= 0.3 is 0 Å². The summed E-state index contributed by atoms with van der Waals surface area (Å²) in [5, 5.41) is 22.3. The molecule has 228 valence electrons. The minimum atomic E-state index is -0.999. The molecule has 0 fully saturated rings. The van der Waals surface area contributed by atoms with E-state index in [2.05, 4.69) is 26.6 Å². The number of phenolic OH excluding ortho intramolecular Hbond substituents is 1. The molecular weight excluding hydrogens is 560 g/mol. The van der Waals surface area contributed by atoms with E-state index in [0.29, 0.717) is 18.7 Å². The van der Waals surface area contributed by atoms with Gasteiger partial charge in [0.15, 0.2) is 0 Å². The monoisotopic (exact) mass is 600 g/mol. The van der Waals surface area contributed by atoms with Crippen LogP contribution in [0.15, 0.2) is 54.6 Å². The van der Waals surface area contributed by atoms with Crippen molar-refractivity contribution in [2.75, 3.05) is 31.6 Å². The number of thioether (sulfide) groups is 1. The van der Waals surface area contributed by atoms with Crippen LogP contribution in [-0.4, -0.2) is 84.4 Å². The molecule has 0 aliphatic heterocycles. The topological polar surface area (TPSA) is 192 Å². The number of carbonyl (C=O) groups excluding carboxylic acids is 5. The van der Waals surface area contributed by atoms with Crippen LogP contribution in [0, 0.1) is 0 Å². The molecule has 8 N–H and O–H groups in total. The summed E-state index contributed by atoms with van der Waals surface area (Å²) in [6.45, 7) is 1.38. The van der Waals surface area contributed by atoms with E-state index < -0.39 is 54.8 Å². The van der Waals surface area contributed by atoms with Crippen molar-refractivity contribution in [2.24, 2.45) is 5.73 Å². The third-order valence-electron chi connectivity index (χ3n) is 6.13. The highest BCUT2D eigenvalue weighted by atomic mass is 32.2. The molecule has 5 amide bonds. The van der Waals surface area contributed by atoms with Crippen LogP contribution >= 0.6 is 11.8 Å². The Morgan fingerprint density at radius 3 is 2.05 bits per heavy atom. The lowest BCUT2D eigenvalue weighted by atomic mass is 10.0. The summed E-state index contributed by atoms with van der Waals surface area (Å²) < 4.78 is 0. The molecule has 12 nitrogen and oxygen atoms in total. The molecule has 3 atom stereocenters. The average molecular weight is 601 g/mol. The summed E-state index contributed by atoms with van der Waals surface area (Å²) in [5.41, 5.74) is 7.45. The number of nitrogens with two attached hydrogens (primary N) is 1. The van der Waals surface area contributed by atoms with Gasteiger partial charge in [-0.05, 0) is 55.0 Å². The summed E-state index contributed by atoms with van der Waals surface area (Å²) >= 11 is 1.55. The first-order valence-electron chi connectivity index (χ1n) is 13.6. The van der Waals surface area contributed by atoms with Crippen LogP contribution in [-0.2, 0) is 36.8 Å². The van der Waals surface area contributed by atoms with E-state index in [-0.39, 0.29) is 24.5 Å². The number of hydrogen-bond donors (Lipinski definition) is 7. The molecule has 0 radical (unpaired) electrons. The molecule has 0 bridgehead atoms. The van der Waals surface area contributed by atoms with Gasteiger partial charge in [-0.1, -0.05) is 42.5 Å². The van der Waals surface area contributed by atoms with Crippen molar-refractivity contribution in [1.29, 1.82) is 0 Å². The van der Waals surface area contributed by atoms with E-state index in [1.165, 1.54) is 12.1 Å². The number of amides is 5. The van der Waals surface area contributed by atoms with Crippen LogP contribution in [0.4, 0.5) is 0 Å². The summed E-state index contributed by atoms with van der Waals surface area (Å²) in [6, 6.07) is 12.7. The van der Waals surface area contributed by atoms with Crippen molar-refractivity contribution in [3.05, 3.63) is 65.7 Å². The molecule has 0 heterocycles. The summed E-state index contributed by atoms with van der Waals surface area (Å²) in [5.74, 6) is -1.86. The quantitative estimate of drug-likeness (QED) is 0.127. The van der Waals surface area contributed by atoms with Crippen molar-refractivity contribution >= 4 is 41.3 Å².